The minimum Gasteiger partial charge on any atom is -0.508 e. The number of rotatable bonds is 5. The summed E-state index contributed by atoms with van der Waals surface area (Å²) in [6, 6.07) is 14.3. The lowest BCUT2D eigenvalue weighted by Gasteiger charge is -2.07. The van der Waals surface area contributed by atoms with Gasteiger partial charge >= 0.3 is 0 Å². The second-order valence-electron chi connectivity index (χ2n) is 5.85. The Morgan fingerprint density at radius 1 is 0.875 bits per heavy atom. The van der Waals surface area contributed by atoms with Crippen LogP contribution < -0.4 is 0 Å². The van der Waals surface area contributed by atoms with Gasteiger partial charge in [0.1, 0.15) is 11.5 Å². The largest absolute Gasteiger partial charge is 0.508 e. The molecule has 0 amide bonds. The average Bonchev–Trinajstić information content (AvgIpc) is 2.95. The van der Waals surface area contributed by atoms with Crippen molar-refractivity contribution in [3.63, 3.8) is 0 Å². The molecule has 124 valence electrons. The molecule has 0 aliphatic rings. The molecule has 0 radical (unpaired) electrons. The van der Waals surface area contributed by atoms with Crippen molar-refractivity contribution in [3.8, 4) is 28.4 Å². The first kappa shape index (κ1) is 16.1. The van der Waals surface area contributed by atoms with E-state index in [-0.39, 0.29) is 11.5 Å². The van der Waals surface area contributed by atoms with E-state index in [1.165, 1.54) is 11.3 Å². The van der Waals surface area contributed by atoms with E-state index in [0.29, 0.717) is 0 Å². The van der Waals surface area contributed by atoms with Crippen LogP contribution in [0.2, 0.25) is 0 Å². The molecule has 24 heavy (non-hydrogen) atoms. The molecule has 0 atom stereocenters. The lowest BCUT2D eigenvalue weighted by atomic mass is 10.0. The molecule has 0 aliphatic carbocycles. The van der Waals surface area contributed by atoms with Gasteiger partial charge in [-0.2, -0.15) is 5.10 Å². The summed E-state index contributed by atoms with van der Waals surface area (Å²) in [5, 5.41) is 23.9. The van der Waals surface area contributed by atoms with Crippen LogP contribution in [0.3, 0.4) is 0 Å². The van der Waals surface area contributed by atoms with Gasteiger partial charge in [0.15, 0.2) is 0 Å². The van der Waals surface area contributed by atoms with Gasteiger partial charge in [-0.1, -0.05) is 20.3 Å². The van der Waals surface area contributed by atoms with Gasteiger partial charge < -0.3 is 10.2 Å². The maximum absolute atomic E-state index is 9.54. The Bertz CT molecular complexity index is 818. The van der Waals surface area contributed by atoms with Crippen LogP contribution in [0.4, 0.5) is 0 Å². The Balaban J connectivity index is 2.18. The Morgan fingerprint density at radius 2 is 1.46 bits per heavy atom. The Labute approximate surface area is 142 Å². The van der Waals surface area contributed by atoms with Crippen molar-refractivity contribution in [2.75, 3.05) is 0 Å². The van der Waals surface area contributed by atoms with Crippen molar-refractivity contribution in [3.05, 3.63) is 59.8 Å². The molecule has 2 aromatic carbocycles. The van der Waals surface area contributed by atoms with Crippen molar-refractivity contribution in [2.45, 2.75) is 33.1 Å². The molecule has 0 aliphatic heterocycles. The summed E-state index contributed by atoms with van der Waals surface area (Å²) in [5.74, 6) is 0.501. The molecule has 4 heteroatoms. The van der Waals surface area contributed by atoms with Gasteiger partial charge in [0, 0.05) is 16.8 Å². The lowest BCUT2D eigenvalue weighted by Crippen LogP contribution is -2.02. The Hall–Kier alpha value is -2.75. The van der Waals surface area contributed by atoms with Crippen molar-refractivity contribution in [1.82, 2.24) is 9.78 Å². The maximum atomic E-state index is 9.54. The monoisotopic (exact) mass is 322 g/mol. The van der Waals surface area contributed by atoms with Gasteiger partial charge in [-0.3, -0.25) is 0 Å². The molecule has 4 nitrogen and oxygen atoms in total. The zero-order valence-corrected chi connectivity index (χ0v) is 14.0. The van der Waals surface area contributed by atoms with Crippen LogP contribution in [0.5, 0.6) is 11.5 Å². The summed E-state index contributed by atoms with van der Waals surface area (Å²) in [6.07, 6.45) is 2.87. The molecule has 0 spiro atoms. The molecule has 0 unspecified atom stereocenters. The van der Waals surface area contributed by atoms with E-state index in [1.807, 2.05) is 28.9 Å². The summed E-state index contributed by atoms with van der Waals surface area (Å²) in [6.45, 7) is 4.30. The smallest absolute Gasteiger partial charge is 0.115 e. The molecular formula is C20H22N2O2. The maximum Gasteiger partial charge on any atom is 0.115 e. The Morgan fingerprint density at radius 3 is 2.00 bits per heavy atom. The Kier molecular flexibility index (Phi) is 4.56. The second-order valence-corrected chi connectivity index (χ2v) is 5.85. The summed E-state index contributed by atoms with van der Waals surface area (Å²) in [4.78, 5) is 0. The highest BCUT2D eigenvalue weighted by molar-refractivity contribution is 5.66. The normalized spacial score (nSPS) is 10.9. The summed E-state index contributed by atoms with van der Waals surface area (Å²) in [5.41, 5.74) is 5.33. The van der Waals surface area contributed by atoms with Gasteiger partial charge in [0.2, 0.25) is 0 Å². The molecule has 0 fully saturated rings. The fourth-order valence-corrected chi connectivity index (χ4v) is 3.02. The van der Waals surface area contributed by atoms with Crippen LogP contribution in [0, 0.1) is 0 Å². The average molecular weight is 322 g/mol. The van der Waals surface area contributed by atoms with Crippen LogP contribution in [-0.4, -0.2) is 20.0 Å². The summed E-state index contributed by atoms with van der Waals surface area (Å²) >= 11 is 0. The third-order valence-electron chi connectivity index (χ3n) is 4.16. The van der Waals surface area contributed by atoms with E-state index >= 15 is 0 Å². The first-order valence-electron chi connectivity index (χ1n) is 8.33. The second kappa shape index (κ2) is 6.79. The number of phenolic OH excluding ortho intramolecular Hbond substituents is 2. The van der Waals surface area contributed by atoms with Crippen LogP contribution in [0.15, 0.2) is 48.5 Å². The fourth-order valence-electron chi connectivity index (χ4n) is 3.02. The summed E-state index contributed by atoms with van der Waals surface area (Å²) in [7, 11) is 0. The van der Waals surface area contributed by atoms with E-state index in [0.717, 1.165) is 36.2 Å². The minimum absolute atomic E-state index is 0.247. The molecule has 0 bridgehead atoms. The highest BCUT2D eigenvalue weighted by Crippen LogP contribution is 2.30. The standard InChI is InChI=1S/C20H22N2O2/c1-3-5-18-19(4-2)22(15-8-12-17(24)13-9-15)21-20(18)14-6-10-16(23)11-7-14/h6-13,23-24H,3-5H2,1-2H3. The van der Waals surface area contributed by atoms with Gasteiger partial charge in [0.25, 0.3) is 0 Å². The van der Waals surface area contributed by atoms with Crippen LogP contribution >= 0.6 is 0 Å². The van der Waals surface area contributed by atoms with Crippen molar-refractivity contribution in [2.24, 2.45) is 0 Å². The first-order chi connectivity index (χ1) is 11.6. The number of phenols is 2. The number of hydrogen-bond donors (Lipinski definition) is 2. The van der Waals surface area contributed by atoms with E-state index in [1.54, 1.807) is 24.3 Å². The molecule has 2 N–H and O–H groups in total. The molecule has 3 aromatic rings. The van der Waals surface area contributed by atoms with Crippen LogP contribution in [0.1, 0.15) is 31.5 Å². The molecule has 1 heterocycles. The summed E-state index contributed by atoms with van der Waals surface area (Å²) < 4.78 is 1.96. The number of aromatic nitrogens is 2. The lowest BCUT2D eigenvalue weighted by molar-refractivity contribution is 0.474. The molecule has 1 aromatic heterocycles. The van der Waals surface area contributed by atoms with E-state index in [9.17, 15) is 10.2 Å². The highest BCUT2D eigenvalue weighted by Gasteiger charge is 2.18. The quantitative estimate of drug-likeness (QED) is 0.729. The number of nitrogens with zero attached hydrogens (tertiary/aromatic N) is 2. The topological polar surface area (TPSA) is 58.3 Å². The van der Waals surface area contributed by atoms with Crippen molar-refractivity contribution < 1.29 is 10.2 Å². The van der Waals surface area contributed by atoms with Gasteiger partial charge in [-0.25, -0.2) is 4.68 Å². The minimum atomic E-state index is 0.247. The SMILES string of the molecule is CCCc1c(-c2ccc(O)cc2)nn(-c2ccc(O)cc2)c1CC. The third kappa shape index (κ3) is 3.00. The van der Waals surface area contributed by atoms with Crippen LogP contribution in [0.25, 0.3) is 16.9 Å². The van der Waals surface area contributed by atoms with Gasteiger partial charge in [0.05, 0.1) is 11.4 Å². The van der Waals surface area contributed by atoms with E-state index < -0.39 is 0 Å². The first-order valence-corrected chi connectivity index (χ1v) is 8.33. The molecule has 0 saturated heterocycles. The number of aromatic hydroxyl groups is 2. The van der Waals surface area contributed by atoms with Gasteiger partial charge in [-0.15, -0.1) is 0 Å². The predicted octanol–water partition coefficient (Wildman–Crippen LogP) is 4.47. The number of benzene rings is 2. The van der Waals surface area contributed by atoms with Crippen LogP contribution in [-0.2, 0) is 12.8 Å². The number of hydrogen-bond acceptors (Lipinski definition) is 3. The van der Waals surface area contributed by atoms with Crippen molar-refractivity contribution in [1.29, 1.82) is 0 Å². The zero-order chi connectivity index (χ0) is 17.1. The fraction of sp³-hybridized carbons (Fsp3) is 0.250. The molecule has 0 saturated carbocycles. The molecular weight excluding hydrogens is 300 g/mol. The van der Waals surface area contributed by atoms with E-state index in [2.05, 4.69) is 13.8 Å². The van der Waals surface area contributed by atoms with E-state index in [4.69, 9.17) is 5.10 Å². The zero-order valence-electron chi connectivity index (χ0n) is 14.0. The third-order valence-corrected chi connectivity index (χ3v) is 4.16. The van der Waals surface area contributed by atoms with Crippen molar-refractivity contribution >= 4 is 0 Å². The predicted molar refractivity (Wildman–Crippen MR) is 95.7 cm³/mol. The highest BCUT2D eigenvalue weighted by atomic mass is 16.3. The van der Waals surface area contributed by atoms with Gasteiger partial charge in [-0.05, 0) is 61.4 Å². The molecule has 3 rings (SSSR count).